The first-order valence-corrected chi connectivity index (χ1v) is 15.7. The molecule has 8 heteroatoms. The molecule has 0 radical (unpaired) electrons. The Kier molecular flexibility index (Phi) is 13.6. The van der Waals surface area contributed by atoms with E-state index in [0.717, 1.165) is 46.8 Å². The molecule has 0 spiro atoms. The van der Waals surface area contributed by atoms with Gasteiger partial charge in [-0.25, -0.2) is 4.79 Å². The van der Waals surface area contributed by atoms with Gasteiger partial charge in [-0.2, -0.15) is 11.8 Å². The van der Waals surface area contributed by atoms with Gasteiger partial charge < -0.3 is 21.0 Å². The second-order valence-corrected chi connectivity index (χ2v) is 11.7. The first-order chi connectivity index (χ1) is 19.5. The Labute approximate surface area is 261 Å². The molecule has 2 atom stereocenters. The molecular weight excluding hydrogens is 529 g/mol. The number of carbonyl (C=O) groups excluding carboxylic acids is 1. The van der Waals surface area contributed by atoms with E-state index >= 15 is 0 Å². The fourth-order valence-electron chi connectivity index (χ4n) is 5.55. The zero-order chi connectivity index (χ0) is 28.3. The Bertz CT molecular complexity index is 1250. The maximum absolute atomic E-state index is 13.4. The van der Waals surface area contributed by atoms with Crippen LogP contribution >= 0.6 is 11.8 Å². The van der Waals surface area contributed by atoms with Gasteiger partial charge in [0.25, 0.3) is 5.91 Å². The number of thioether (sulfide) groups is 1. The molecular formula is C33H42LiNO5S. The normalized spacial score (nSPS) is 15.1. The van der Waals surface area contributed by atoms with Gasteiger partial charge in [0.05, 0.1) is 12.9 Å². The van der Waals surface area contributed by atoms with Crippen molar-refractivity contribution in [3.05, 3.63) is 83.3 Å². The second-order valence-electron chi connectivity index (χ2n) is 10.7. The van der Waals surface area contributed by atoms with Crippen LogP contribution in [0, 0.1) is 12.8 Å². The first-order valence-electron chi connectivity index (χ1n) is 14.3. The molecule has 0 bridgehead atoms. The Morgan fingerprint density at radius 2 is 1.85 bits per heavy atom. The van der Waals surface area contributed by atoms with Gasteiger partial charge in [-0.1, -0.05) is 62.4 Å². The number of aliphatic carboxylic acids is 1. The van der Waals surface area contributed by atoms with E-state index in [2.05, 4.69) is 5.32 Å². The van der Waals surface area contributed by atoms with Gasteiger partial charge in [-0.05, 0) is 90.6 Å². The van der Waals surface area contributed by atoms with Gasteiger partial charge in [0.2, 0.25) is 0 Å². The van der Waals surface area contributed by atoms with Crippen LogP contribution in [0.5, 0.6) is 0 Å². The summed E-state index contributed by atoms with van der Waals surface area (Å²) in [5, 5.41) is 12.4. The van der Waals surface area contributed by atoms with E-state index in [-0.39, 0.29) is 32.3 Å². The topological polar surface area (TPSA) is 88.8 Å². The fraction of sp³-hybridized carbons (Fsp3) is 0.455. The number of amides is 1. The van der Waals surface area contributed by atoms with Crippen molar-refractivity contribution in [2.75, 3.05) is 12.0 Å². The van der Waals surface area contributed by atoms with Crippen molar-refractivity contribution in [3.8, 4) is 11.1 Å². The van der Waals surface area contributed by atoms with E-state index in [4.69, 9.17) is 9.15 Å². The fourth-order valence-corrected chi connectivity index (χ4v) is 6.02. The number of carboxylic acids is 1. The van der Waals surface area contributed by atoms with E-state index in [1.54, 1.807) is 24.1 Å². The summed E-state index contributed by atoms with van der Waals surface area (Å²) in [7, 11) is 0. The Morgan fingerprint density at radius 3 is 2.54 bits per heavy atom. The molecule has 1 aromatic heterocycles. The molecule has 1 aliphatic carbocycles. The van der Waals surface area contributed by atoms with E-state index in [0.29, 0.717) is 24.3 Å². The number of carboxylic acid groups (broad SMARTS) is 1. The van der Waals surface area contributed by atoms with Gasteiger partial charge in [0.1, 0.15) is 17.9 Å². The number of ether oxygens (including phenoxy) is 1. The summed E-state index contributed by atoms with van der Waals surface area (Å²) in [5.74, 6) is 0.833. The number of benzene rings is 2. The maximum Gasteiger partial charge on any atom is 1.00 e. The molecule has 1 amide bonds. The number of rotatable bonds is 14. The van der Waals surface area contributed by atoms with Crippen molar-refractivity contribution in [2.45, 2.75) is 77.0 Å². The minimum atomic E-state index is -1.03. The van der Waals surface area contributed by atoms with Crippen LogP contribution in [0.15, 0.2) is 65.3 Å². The van der Waals surface area contributed by atoms with Crippen LogP contribution in [0.1, 0.15) is 86.1 Å². The SMILES string of the molecule is CSCCC(NC(=O)c1ccc(COC(CCC2CCCCC2)c2ccco2)cc1-c1ccccc1C)C(=O)O.[H-].[Li+]. The summed E-state index contributed by atoms with van der Waals surface area (Å²) in [6.45, 7) is 2.39. The number of carbonyl (C=O) groups is 2. The Balaban J connectivity index is 0.00000308. The van der Waals surface area contributed by atoms with Gasteiger partial charge in [-0.15, -0.1) is 0 Å². The molecule has 2 N–H and O–H groups in total. The van der Waals surface area contributed by atoms with Crippen molar-refractivity contribution in [2.24, 2.45) is 5.92 Å². The molecule has 0 saturated heterocycles. The molecule has 4 rings (SSSR count). The zero-order valence-electron chi connectivity index (χ0n) is 25.6. The molecule has 216 valence electrons. The third-order valence-corrected chi connectivity index (χ3v) is 8.50. The van der Waals surface area contributed by atoms with Crippen LogP contribution < -0.4 is 24.2 Å². The molecule has 1 fully saturated rings. The van der Waals surface area contributed by atoms with Crippen LogP contribution in [0.4, 0.5) is 0 Å². The van der Waals surface area contributed by atoms with Crippen LogP contribution in [0.2, 0.25) is 0 Å². The Morgan fingerprint density at radius 1 is 1.07 bits per heavy atom. The van der Waals surface area contributed by atoms with Crippen molar-refractivity contribution in [1.29, 1.82) is 0 Å². The predicted octanol–water partition coefficient (Wildman–Crippen LogP) is 4.93. The van der Waals surface area contributed by atoms with E-state index in [9.17, 15) is 14.7 Å². The van der Waals surface area contributed by atoms with Crippen LogP contribution in [0.3, 0.4) is 0 Å². The van der Waals surface area contributed by atoms with E-state index < -0.39 is 12.0 Å². The summed E-state index contributed by atoms with van der Waals surface area (Å²) < 4.78 is 12.2. The molecule has 2 unspecified atom stereocenters. The van der Waals surface area contributed by atoms with E-state index in [1.165, 1.54) is 32.1 Å². The minimum Gasteiger partial charge on any atom is -1.00 e. The van der Waals surface area contributed by atoms with E-state index in [1.807, 2.05) is 61.7 Å². The van der Waals surface area contributed by atoms with Gasteiger partial charge in [0, 0.05) is 5.56 Å². The summed E-state index contributed by atoms with van der Waals surface area (Å²) in [6, 6.07) is 16.5. The number of furan rings is 1. The van der Waals surface area contributed by atoms with Crippen molar-refractivity contribution < 1.29 is 44.1 Å². The van der Waals surface area contributed by atoms with Crippen molar-refractivity contribution >= 4 is 23.6 Å². The van der Waals surface area contributed by atoms with Crippen LogP contribution in [0.25, 0.3) is 11.1 Å². The second kappa shape index (κ2) is 16.9. The summed E-state index contributed by atoms with van der Waals surface area (Å²) in [6.07, 6.45) is 12.5. The van der Waals surface area contributed by atoms with Crippen molar-refractivity contribution in [1.82, 2.24) is 5.32 Å². The third-order valence-electron chi connectivity index (χ3n) is 7.85. The molecule has 2 aromatic carbocycles. The summed E-state index contributed by atoms with van der Waals surface area (Å²) in [4.78, 5) is 25.2. The zero-order valence-corrected chi connectivity index (χ0v) is 25.4. The van der Waals surface area contributed by atoms with Gasteiger partial charge >= 0.3 is 24.8 Å². The molecule has 0 aliphatic heterocycles. The predicted molar refractivity (Wildman–Crippen MR) is 162 cm³/mol. The Hall–Kier alpha value is -2.43. The van der Waals surface area contributed by atoms with Crippen LogP contribution in [-0.4, -0.2) is 35.0 Å². The molecule has 1 aliphatic rings. The molecule has 1 heterocycles. The number of nitrogens with one attached hydrogen (secondary N) is 1. The monoisotopic (exact) mass is 571 g/mol. The third kappa shape index (κ3) is 9.54. The van der Waals surface area contributed by atoms with Gasteiger partial charge in [0.15, 0.2) is 0 Å². The van der Waals surface area contributed by atoms with Crippen LogP contribution in [-0.2, 0) is 16.1 Å². The summed E-state index contributed by atoms with van der Waals surface area (Å²) in [5.41, 5.74) is 4.13. The standard InChI is InChI=1S/C33H41NO5S.Li.H/c1-23-9-6-7-12-26(23)28-21-25(14-16-27(28)32(35)34-29(33(36)37)18-20-40-2)22-39-31(30-13-8-19-38-30)17-15-24-10-4-3-5-11-24;;/h6-9,12-14,16,19,21,24,29,31H,3-5,10-11,15,17-18,20,22H2,1-2H3,(H,34,35)(H,36,37);;/q;+1;-1. The summed E-state index contributed by atoms with van der Waals surface area (Å²) >= 11 is 1.56. The minimum absolute atomic E-state index is 0. The molecule has 41 heavy (non-hydrogen) atoms. The quantitative estimate of drug-likeness (QED) is 0.267. The average Bonchev–Trinajstić information content (AvgIpc) is 3.51. The average molecular weight is 572 g/mol. The molecule has 3 aromatic rings. The smallest absolute Gasteiger partial charge is 1.00 e. The largest absolute Gasteiger partial charge is 1.00 e. The number of hydrogen-bond donors (Lipinski definition) is 2. The number of hydrogen-bond acceptors (Lipinski definition) is 5. The maximum atomic E-state index is 13.4. The van der Waals surface area contributed by atoms with Gasteiger partial charge in [-0.3, -0.25) is 4.79 Å². The molecule has 1 saturated carbocycles. The van der Waals surface area contributed by atoms with Crippen molar-refractivity contribution in [3.63, 3.8) is 0 Å². The number of aryl methyl sites for hydroxylation is 1. The first kappa shape index (κ1) is 33.1. The molecule has 6 nitrogen and oxygen atoms in total.